The first-order valence-corrected chi connectivity index (χ1v) is 12.9. The number of carbonyl (C=O) groups excluding carboxylic acids is 2. The second kappa shape index (κ2) is 15.2. The molecule has 0 radical (unpaired) electrons. The minimum Gasteiger partial charge on any atom is -0.481 e. The Hall–Kier alpha value is -2.28. The molecule has 0 bridgehead atoms. The van der Waals surface area contributed by atoms with Crippen molar-refractivity contribution in [3.63, 3.8) is 0 Å². The smallest absolute Gasteiger partial charge is 0.309 e. The minimum absolute atomic E-state index is 0.127. The van der Waals surface area contributed by atoms with Gasteiger partial charge in [0.15, 0.2) is 0 Å². The molecule has 2 saturated heterocycles. The van der Waals surface area contributed by atoms with Crippen LogP contribution in [0.2, 0.25) is 0 Å². The normalized spacial score (nSPS) is 27.9. The molecule has 0 aromatic rings. The average molecular weight is 533 g/mol. The van der Waals surface area contributed by atoms with Gasteiger partial charge in [-0.1, -0.05) is 0 Å². The molecule has 212 valence electrons. The van der Waals surface area contributed by atoms with E-state index >= 15 is 0 Å². The van der Waals surface area contributed by atoms with Gasteiger partial charge in [0.1, 0.15) is 12.2 Å². The van der Waals surface area contributed by atoms with E-state index in [1.165, 1.54) is 0 Å². The fourth-order valence-corrected chi connectivity index (χ4v) is 4.84. The van der Waals surface area contributed by atoms with Crippen LogP contribution in [-0.4, -0.2) is 94.1 Å². The van der Waals surface area contributed by atoms with E-state index in [0.29, 0.717) is 39.3 Å². The lowest BCUT2D eigenvalue weighted by Crippen LogP contribution is -2.44. The zero-order chi connectivity index (χ0) is 27.3. The van der Waals surface area contributed by atoms with E-state index in [0.717, 1.165) is 32.1 Å². The lowest BCUT2D eigenvalue weighted by molar-refractivity contribution is -0.176. The molecule has 12 heteroatoms. The van der Waals surface area contributed by atoms with Crippen LogP contribution in [0, 0.1) is 0 Å². The molecule has 2 aliphatic rings. The van der Waals surface area contributed by atoms with E-state index in [4.69, 9.17) is 29.2 Å². The third kappa shape index (κ3) is 12.7. The van der Waals surface area contributed by atoms with E-state index in [9.17, 15) is 29.4 Å². The molecule has 2 heterocycles. The van der Waals surface area contributed by atoms with Crippen molar-refractivity contribution in [3.8, 4) is 0 Å². The summed E-state index contributed by atoms with van der Waals surface area (Å²) in [4.78, 5) is 45.1. The molecular formula is C25H40O12. The quantitative estimate of drug-likeness (QED) is 0.148. The highest BCUT2D eigenvalue weighted by Gasteiger charge is 2.42. The Balaban J connectivity index is 1.43. The van der Waals surface area contributed by atoms with Gasteiger partial charge in [-0.25, -0.2) is 0 Å². The summed E-state index contributed by atoms with van der Waals surface area (Å²) in [6.07, 6.45) is 2.50. The van der Waals surface area contributed by atoms with Crippen LogP contribution in [0.4, 0.5) is 0 Å². The maximum Gasteiger partial charge on any atom is 0.309 e. The molecule has 12 nitrogen and oxygen atoms in total. The summed E-state index contributed by atoms with van der Waals surface area (Å²) in [5, 5.41) is 38.5. The number of ether oxygens (including phenoxy) is 4. The Bertz CT molecular complexity index is 701. The van der Waals surface area contributed by atoms with Crippen molar-refractivity contribution in [1.82, 2.24) is 0 Å². The van der Waals surface area contributed by atoms with Crippen LogP contribution in [0.1, 0.15) is 83.5 Å². The van der Waals surface area contributed by atoms with Crippen molar-refractivity contribution < 1.29 is 58.6 Å². The summed E-state index contributed by atoms with van der Waals surface area (Å²) < 4.78 is 21.6. The monoisotopic (exact) mass is 532 g/mol. The van der Waals surface area contributed by atoms with Crippen molar-refractivity contribution in [3.05, 3.63) is 0 Å². The summed E-state index contributed by atoms with van der Waals surface area (Å²) in [6, 6.07) is 0. The Kier molecular flexibility index (Phi) is 12.7. The predicted octanol–water partition coefficient (Wildman–Crippen LogP) is 1.57. The third-order valence-corrected chi connectivity index (χ3v) is 6.43. The highest BCUT2D eigenvalue weighted by molar-refractivity contribution is 5.75. The van der Waals surface area contributed by atoms with Crippen LogP contribution in [0.25, 0.3) is 0 Å². The Labute approximate surface area is 216 Å². The molecule has 0 amide bonds. The van der Waals surface area contributed by atoms with E-state index < -0.39 is 60.1 Å². The standard InChI is InChI=1S/C25H40O12/c26-20(27)14-24(32)12-18(36-22(30)16-24)6-1-3-8-34-10-5-11-35-9-4-2-7-19-13-25(33,15-21(28)29)17-23(31)37-19/h18-19,32-33H,1-17H2,(H,26,27)(H,28,29). The molecular weight excluding hydrogens is 492 g/mol. The first kappa shape index (κ1) is 30.9. The number of hydrogen-bond acceptors (Lipinski definition) is 10. The lowest BCUT2D eigenvalue weighted by Gasteiger charge is -2.35. The van der Waals surface area contributed by atoms with Crippen LogP contribution in [0.5, 0.6) is 0 Å². The number of carboxylic acid groups (broad SMARTS) is 2. The SMILES string of the molecule is O=C(O)CC1(O)CC(=O)OC(CCCCOCCCOCCCCC2CC(O)(CC(=O)O)CC(=O)O2)C1. The predicted molar refractivity (Wildman–Crippen MR) is 127 cm³/mol. The Morgan fingerprint density at radius 2 is 1.08 bits per heavy atom. The Morgan fingerprint density at radius 3 is 1.46 bits per heavy atom. The molecule has 0 saturated carbocycles. The molecule has 2 fully saturated rings. The second-order valence-electron chi connectivity index (χ2n) is 10.1. The number of carboxylic acids is 2. The van der Waals surface area contributed by atoms with Crippen molar-refractivity contribution >= 4 is 23.9 Å². The minimum atomic E-state index is -1.54. The summed E-state index contributed by atoms with van der Waals surface area (Å²) in [6.45, 7) is 2.15. The van der Waals surface area contributed by atoms with E-state index in [1.54, 1.807) is 0 Å². The zero-order valence-electron chi connectivity index (χ0n) is 21.2. The molecule has 0 aromatic heterocycles. The fraction of sp³-hybridized carbons (Fsp3) is 0.840. The third-order valence-electron chi connectivity index (χ3n) is 6.43. The van der Waals surface area contributed by atoms with Gasteiger partial charge in [-0.05, 0) is 44.9 Å². The molecule has 0 spiro atoms. The Morgan fingerprint density at radius 1 is 0.703 bits per heavy atom. The van der Waals surface area contributed by atoms with E-state index in [-0.39, 0.29) is 25.7 Å². The highest BCUT2D eigenvalue weighted by atomic mass is 16.6. The molecule has 37 heavy (non-hydrogen) atoms. The lowest BCUT2D eigenvalue weighted by atomic mass is 9.85. The van der Waals surface area contributed by atoms with Gasteiger partial charge in [-0.15, -0.1) is 0 Å². The number of carbonyl (C=O) groups is 4. The van der Waals surface area contributed by atoms with Gasteiger partial charge in [0.25, 0.3) is 0 Å². The van der Waals surface area contributed by atoms with Gasteiger partial charge in [-0.3, -0.25) is 19.2 Å². The van der Waals surface area contributed by atoms with Crippen LogP contribution in [0.15, 0.2) is 0 Å². The summed E-state index contributed by atoms with van der Waals surface area (Å²) in [5.74, 6) is -3.44. The van der Waals surface area contributed by atoms with Crippen LogP contribution >= 0.6 is 0 Å². The maximum atomic E-state index is 11.7. The van der Waals surface area contributed by atoms with E-state index in [1.807, 2.05) is 0 Å². The van der Waals surface area contributed by atoms with Crippen molar-refractivity contribution in [2.75, 3.05) is 26.4 Å². The van der Waals surface area contributed by atoms with Gasteiger partial charge >= 0.3 is 23.9 Å². The van der Waals surface area contributed by atoms with Crippen LogP contribution in [-0.2, 0) is 38.1 Å². The van der Waals surface area contributed by atoms with Crippen molar-refractivity contribution in [2.24, 2.45) is 0 Å². The van der Waals surface area contributed by atoms with Gasteiger partial charge in [0, 0.05) is 39.3 Å². The zero-order valence-corrected chi connectivity index (χ0v) is 21.2. The van der Waals surface area contributed by atoms with Gasteiger partial charge in [0.2, 0.25) is 0 Å². The maximum absolute atomic E-state index is 11.7. The number of aliphatic hydroxyl groups is 2. The molecule has 4 N–H and O–H groups in total. The average Bonchev–Trinajstić information content (AvgIpc) is 2.73. The number of hydrogen-bond donors (Lipinski definition) is 4. The van der Waals surface area contributed by atoms with Gasteiger partial charge in [-0.2, -0.15) is 0 Å². The largest absolute Gasteiger partial charge is 0.481 e. The number of unbranched alkanes of at least 4 members (excludes halogenated alkanes) is 2. The number of rotatable bonds is 18. The highest BCUT2D eigenvalue weighted by Crippen LogP contribution is 2.32. The second-order valence-corrected chi connectivity index (χ2v) is 10.1. The van der Waals surface area contributed by atoms with Crippen LogP contribution in [0.3, 0.4) is 0 Å². The van der Waals surface area contributed by atoms with Crippen molar-refractivity contribution in [2.45, 2.75) is 107 Å². The molecule has 0 aliphatic carbocycles. The summed E-state index contributed by atoms with van der Waals surface area (Å²) in [7, 11) is 0. The van der Waals surface area contributed by atoms with Gasteiger partial charge in [0.05, 0.1) is 36.9 Å². The summed E-state index contributed by atoms with van der Waals surface area (Å²) >= 11 is 0. The summed E-state index contributed by atoms with van der Waals surface area (Å²) in [5.41, 5.74) is -3.09. The molecule has 4 unspecified atom stereocenters. The first-order valence-electron chi connectivity index (χ1n) is 12.9. The molecule has 0 aromatic carbocycles. The number of aliphatic carboxylic acids is 2. The van der Waals surface area contributed by atoms with Crippen molar-refractivity contribution in [1.29, 1.82) is 0 Å². The fourth-order valence-electron chi connectivity index (χ4n) is 4.84. The van der Waals surface area contributed by atoms with Crippen LogP contribution < -0.4 is 0 Å². The van der Waals surface area contributed by atoms with E-state index in [2.05, 4.69) is 0 Å². The molecule has 2 aliphatic heterocycles. The topological polar surface area (TPSA) is 186 Å². The number of cyclic esters (lactones) is 2. The van der Waals surface area contributed by atoms with Gasteiger partial charge < -0.3 is 39.4 Å². The molecule has 4 atom stereocenters. The molecule has 2 rings (SSSR count). The first-order chi connectivity index (χ1) is 17.5. The number of esters is 2.